The lowest BCUT2D eigenvalue weighted by molar-refractivity contribution is 0.0689. The Hall–Kier alpha value is -1.98. The molecule has 2 rings (SSSR count). The highest BCUT2D eigenvalue weighted by Crippen LogP contribution is 2.49. The molecular weight excluding hydrogens is 258 g/mol. The molecule has 0 atom stereocenters. The summed E-state index contributed by atoms with van der Waals surface area (Å²) in [6.45, 7) is 5.00. The summed E-state index contributed by atoms with van der Waals surface area (Å²) in [5.74, 6) is -0.841. The van der Waals surface area contributed by atoms with Crippen molar-refractivity contribution in [1.82, 2.24) is 15.3 Å². The van der Waals surface area contributed by atoms with Crippen LogP contribution >= 0.6 is 0 Å². The van der Waals surface area contributed by atoms with Gasteiger partial charge >= 0.3 is 5.97 Å². The van der Waals surface area contributed by atoms with Crippen molar-refractivity contribution >= 4 is 11.9 Å². The molecule has 1 heterocycles. The summed E-state index contributed by atoms with van der Waals surface area (Å²) < 4.78 is 0. The van der Waals surface area contributed by atoms with Crippen molar-refractivity contribution in [2.24, 2.45) is 11.3 Å². The first-order chi connectivity index (χ1) is 9.42. The molecule has 2 N–H and O–H groups in total. The SMILES string of the molecule is CC(C)CC1(CNC(=O)c2cnc(C(=O)O)cn2)CC1. The molecule has 0 radical (unpaired) electrons. The van der Waals surface area contributed by atoms with E-state index in [0.717, 1.165) is 25.5 Å². The van der Waals surface area contributed by atoms with Crippen LogP contribution in [0, 0.1) is 11.3 Å². The van der Waals surface area contributed by atoms with Gasteiger partial charge in [0.25, 0.3) is 5.91 Å². The van der Waals surface area contributed by atoms with Crippen molar-refractivity contribution in [1.29, 1.82) is 0 Å². The highest BCUT2D eigenvalue weighted by molar-refractivity contribution is 5.92. The van der Waals surface area contributed by atoms with Crippen LogP contribution in [0.25, 0.3) is 0 Å². The van der Waals surface area contributed by atoms with Gasteiger partial charge in [-0.1, -0.05) is 13.8 Å². The zero-order valence-corrected chi connectivity index (χ0v) is 11.7. The lowest BCUT2D eigenvalue weighted by Gasteiger charge is -2.17. The number of hydrogen-bond donors (Lipinski definition) is 2. The number of carboxylic acid groups (broad SMARTS) is 1. The number of amides is 1. The van der Waals surface area contributed by atoms with E-state index in [2.05, 4.69) is 29.1 Å². The first-order valence-corrected chi connectivity index (χ1v) is 6.75. The summed E-state index contributed by atoms with van der Waals surface area (Å²) in [4.78, 5) is 30.1. The number of aromatic nitrogens is 2. The molecule has 1 fully saturated rings. The number of nitrogens with one attached hydrogen (secondary N) is 1. The topological polar surface area (TPSA) is 92.2 Å². The van der Waals surface area contributed by atoms with Crippen LogP contribution in [0.15, 0.2) is 12.4 Å². The van der Waals surface area contributed by atoms with E-state index in [1.807, 2.05) is 0 Å². The molecular formula is C14H19N3O3. The number of rotatable bonds is 6. The van der Waals surface area contributed by atoms with Crippen molar-refractivity contribution in [2.75, 3.05) is 6.54 Å². The van der Waals surface area contributed by atoms with E-state index < -0.39 is 5.97 Å². The number of carboxylic acids is 1. The smallest absolute Gasteiger partial charge is 0.356 e. The van der Waals surface area contributed by atoms with E-state index in [1.165, 1.54) is 6.20 Å². The average molecular weight is 277 g/mol. The number of carbonyl (C=O) groups is 2. The summed E-state index contributed by atoms with van der Waals surface area (Å²) in [5.41, 5.74) is 0.230. The van der Waals surface area contributed by atoms with Crippen LogP contribution in [0.4, 0.5) is 0 Å². The Balaban J connectivity index is 1.90. The Bertz CT molecular complexity index is 507. The van der Waals surface area contributed by atoms with Crippen molar-refractivity contribution < 1.29 is 14.7 Å². The average Bonchev–Trinajstić information content (AvgIpc) is 3.15. The molecule has 0 saturated heterocycles. The van der Waals surface area contributed by atoms with Crippen LogP contribution in [0.1, 0.15) is 54.1 Å². The Morgan fingerprint density at radius 1 is 1.30 bits per heavy atom. The Kier molecular flexibility index (Phi) is 4.01. The predicted molar refractivity (Wildman–Crippen MR) is 72.4 cm³/mol. The monoisotopic (exact) mass is 277 g/mol. The fraction of sp³-hybridized carbons (Fsp3) is 0.571. The fourth-order valence-corrected chi connectivity index (χ4v) is 2.41. The lowest BCUT2D eigenvalue weighted by Crippen LogP contribution is -2.31. The molecule has 1 aliphatic rings. The summed E-state index contributed by atoms with van der Waals surface area (Å²) in [5, 5.41) is 11.6. The Morgan fingerprint density at radius 3 is 2.35 bits per heavy atom. The maximum atomic E-state index is 11.9. The van der Waals surface area contributed by atoms with Crippen molar-refractivity contribution in [3.8, 4) is 0 Å². The molecule has 20 heavy (non-hydrogen) atoms. The molecule has 0 aliphatic heterocycles. The fourth-order valence-electron chi connectivity index (χ4n) is 2.41. The van der Waals surface area contributed by atoms with Crippen LogP contribution < -0.4 is 5.32 Å². The van der Waals surface area contributed by atoms with Crippen LogP contribution in [0.3, 0.4) is 0 Å². The van der Waals surface area contributed by atoms with Crippen molar-refractivity contribution in [2.45, 2.75) is 33.1 Å². The van der Waals surface area contributed by atoms with Gasteiger partial charge in [0.1, 0.15) is 5.69 Å². The number of aromatic carboxylic acids is 1. The van der Waals surface area contributed by atoms with E-state index in [1.54, 1.807) is 0 Å². The van der Waals surface area contributed by atoms with E-state index in [0.29, 0.717) is 12.5 Å². The summed E-state index contributed by atoms with van der Waals surface area (Å²) >= 11 is 0. The van der Waals surface area contributed by atoms with Crippen LogP contribution in [0.5, 0.6) is 0 Å². The standard InChI is InChI=1S/C14H19N3O3/c1-9(2)5-14(3-4-14)8-17-12(18)10-6-16-11(7-15-10)13(19)20/h6-7,9H,3-5,8H2,1-2H3,(H,17,18)(H,19,20). The largest absolute Gasteiger partial charge is 0.476 e. The molecule has 1 aromatic rings. The summed E-state index contributed by atoms with van der Waals surface area (Å²) in [6.07, 6.45) is 5.69. The van der Waals surface area contributed by atoms with Crippen LogP contribution in [-0.2, 0) is 0 Å². The number of carbonyl (C=O) groups excluding carboxylic acids is 1. The van der Waals surface area contributed by atoms with Gasteiger partial charge in [0.2, 0.25) is 0 Å². The molecule has 1 amide bonds. The van der Waals surface area contributed by atoms with Crippen molar-refractivity contribution in [3.05, 3.63) is 23.8 Å². The van der Waals surface area contributed by atoms with Gasteiger partial charge in [-0.15, -0.1) is 0 Å². The first-order valence-electron chi connectivity index (χ1n) is 6.75. The van der Waals surface area contributed by atoms with Gasteiger partial charge in [-0.25, -0.2) is 14.8 Å². The molecule has 6 nitrogen and oxygen atoms in total. The third kappa shape index (κ3) is 3.53. The highest BCUT2D eigenvalue weighted by atomic mass is 16.4. The zero-order chi connectivity index (χ0) is 14.8. The highest BCUT2D eigenvalue weighted by Gasteiger charge is 2.42. The van der Waals surface area contributed by atoms with Crippen molar-refractivity contribution in [3.63, 3.8) is 0 Å². The molecule has 1 aliphatic carbocycles. The number of hydrogen-bond acceptors (Lipinski definition) is 4. The minimum absolute atomic E-state index is 0.148. The van der Waals surface area contributed by atoms with Gasteiger partial charge in [0.05, 0.1) is 12.4 Å². The molecule has 108 valence electrons. The molecule has 0 spiro atoms. The van der Waals surface area contributed by atoms with Crippen LogP contribution in [-0.4, -0.2) is 33.5 Å². The van der Waals surface area contributed by atoms with Gasteiger partial charge in [-0.3, -0.25) is 4.79 Å². The van der Waals surface area contributed by atoms with Gasteiger partial charge < -0.3 is 10.4 Å². The number of nitrogens with zero attached hydrogens (tertiary/aromatic N) is 2. The Labute approximate surface area is 117 Å². The van der Waals surface area contributed by atoms with Gasteiger partial charge in [-0.2, -0.15) is 0 Å². The second-order valence-corrected chi connectivity index (χ2v) is 5.87. The normalized spacial score (nSPS) is 15.9. The van der Waals surface area contributed by atoms with E-state index in [-0.39, 0.29) is 22.7 Å². The maximum absolute atomic E-state index is 11.9. The van der Waals surface area contributed by atoms with Gasteiger partial charge in [0, 0.05) is 6.54 Å². The summed E-state index contributed by atoms with van der Waals surface area (Å²) in [7, 11) is 0. The van der Waals surface area contributed by atoms with E-state index in [4.69, 9.17) is 5.11 Å². The zero-order valence-electron chi connectivity index (χ0n) is 11.7. The molecule has 6 heteroatoms. The second kappa shape index (κ2) is 5.56. The van der Waals surface area contributed by atoms with Gasteiger partial charge in [-0.05, 0) is 30.6 Å². The van der Waals surface area contributed by atoms with E-state index in [9.17, 15) is 9.59 Å². The minimum Gasteiger partial charge on any atom is -0.476 e. The predicted octanol–water partition coefficient (Wildman–Crippen LogP) is 1.73. The first kappa shape index (κ1) is 14.4. The molecule has 0 bridgehead atoms. The van der Waals surface area contributed by atoms with Gasteiger partial charge in [0.15, 0.2) is 5.69 Å². The molecule has 1 aromatic heterocycles. The summed E-state index contributed by atoms with van der Waals surface area (Å²) in [6, 6.07) is 0. The quantitative estimate of drug-likeness (QED) is 0.826. The molecule has 0 aromatic carbocycles. The van der Waals surface area contributed by atoms with E-state index >= 15 is 0 Å². The lowest BCUT2D eigenvalue weighted by atomic mass is 9.94. The van der Waals surface area contributed by atoms with Crippen LogP contribution in [0.2, 0.25) is 0 Å². The minimum atomic E-state index is -1.15. The Morgan fingerprint density at radius 2 is 1.90 bits per heavy atom. The third-order valence-corrected chi connectivity index (χ3v) is 3.53. The molecule has 0 unspecified atom stereocenters. The maximum Gasteiger partial charge on any atom is 0.356 e. The molecule has 1 saturated carbocycles. The second-order valence-electron chi connectivity index (χ2n) is 5.87. The third-order valence-electron chi connectivity index (χ3n) is 3.53.